The SMILES string of the molecule is CC(C)[Si](Br)(Br)C(C)(C)C. The zero-order valence-corrected chi connectivity index (χ0v) is 11.5. The van der Waals surface area contributed by atoms with E-state index in [-0.39, 0.29) is 0 Å². The van der Waals surface area contributed by atoms with Crippen LogP contribution in [0.2, 0.25) is 10.6 Å². The summed E-state index contributed by atoms with van der Waals surface area (Å²) in [4.78, 5) is 0. The first-order valence-corrected chi connectivity index (χ1v) is 10.2. The largest absolute Gasteiger partial charge is 0.208 e. The van der Waals surface area contributed by atoms with E-state index < -0.39 is 5.31 Å². The van der Waals surface area contributed by atoms with Crippen LogP contribution in [0.15, 0.2) is 0 Å². The van der Waals surface area contributed by atoms with E-state index in [1.54, 1.807) is 0 Å². The lowest BCUT2D eigenvalue weighted by Crippen LogP contribution is -2.33. The molecule has 10 heavy (non-hydrogen) atoms. The molecule has 0 aromatic rings. The second-order valence-electron chi connectivity index (χ2n) is 4.03. The number of hydrogen-bond acceptors (Lipinski definition) is 0. The van der Waals surface area contributed by atoms with Gasteiger partial charge in [0, 0.05) is 0 Å². The second kappa shape index (κ2) is 3.28. The van der Waals surface area contributed by atoms with Gasteiger partial charge in [-0.1, -0.05) is 34.6 Å². The van der Waals surface area contributed by atoms with Gasteiger partial charge in [0.05, 0.1) is 0 Å². The van der Waals surface area contributed by atoms with E-state index in [0.29, 0.717) is 5.04 Å². The summed E-state index contributed by atoms with van der Waals surface area (Å²) >= 11 is 7.64. The lowest BCUT2D eigenvalue weighted by Gasteiger charge is -2.35. The molecule has 0 aromatic heterocycles. The number of hydrogen-bond donors (Lipinski definition) is 0. The van der Waals surface area contributed by atoms with Gasteiger partial charge in [0.25, 0.3) is 0 Å². The van der Waals surface area contributed by atoms with Crippen molar-refractivity contribution in [2.45, 2.75) is 45.2 Å². The minimum absolute atomic E-state index is 0.390. The van der Waals surface area contributed by atoms with Crippen LogP contribution in [0.25, 0.3) is 0 Å². The molecule has 0 aliphatic rings. The highest BCUT2D eigenvalue weighted by Crippen LogP contribution is 2.51. The standard InChI is InChI=1S/C7H16Br2Si/c1-6(2)10(8,9)7(3,4)5/h6H,1-5H3. The van der Waals surface area contributed by atoms with E-state index in [2.05, 4.69) is 65.2 Å². The Labute approximate surface area is 80.9 Å². The third-order valence-corrected chi connectivity index (χ3v) is 17.8. The average Bonchev–Trinajstić information content (AvgIpc) is 1.62. The van der Waals surface area contributed by atoms with E-state index >= 15 is 0 Å². The van der Waals surface area contributed by atoms with Gasteiger partial charge in [0.2, 0.25) is 5.31 Å². The van der Waals surface area contributed by atoms with Crippen LogP contribution in [0.3, 0.4) is 0 Å². The predicted molar refractivity (Wildman–Crippen MR) is 58.4 cm³/mol. The molecular weight excluding hydrogens is 272 g/mol. The van der Waals surface area contributed by atoms with Gasteiger partial charge in [-0.15, -0.1) is 30.6 Å². The predicted octanol–water partition coefficient (Wildman–Crippen LogP) is 4.43. The molecule has 0 nitrogen and oxygen atoms in total. The summed E-state index contributed by atoms with van der Waals surface area (Å²) in [5, 5.41) is -0.967. The quantitative estimate of drug-likeness (QED) is 0.494. The monoisotopic (exact) mass is 286 g/mol. The van der Waals surface area contributed by atoms with Gasteiger partial charge < -0.3 is 0 Å². The highest BCUT2D eigenvalue weighted by atomic mass is 79.9. The summed E-state index contributed by atoms with van der Waals surface area (Å²) in [7, 11) is 0. The Morgan fingerprint density at radius 1 is 1.10 bits per heavy atom. The molecule has 0 rings (SSSR count). The molecule has 0 unspecified atom stereocenters. The van der Waals surface area contributed by atoms with Gasteiger partial charge in [0.1, 0.15) is 0 Å². The van der Waals surface area contributed by atoms with E-state index in [0.717, 1.165) is 5.54 Å². The molecule has 0 spiro atoms. The van der Waals surface area contributed by atoms with Crippen molar-refractivity contribution in [3.05, 3.63) is 0 Å². The zero-order valence-electron chi connectivity index (χ0n) is 7.33. The lowest BCUT2D eigenvalue weighted by molar-refractivity contribution is 0.728. The van der Waals surface area contributed by atoms with Gasteiger partial charge in [-0.2, -0.15) is 0 Å². The molecule has 0 aromatic carbocycles. The minimum Gasteiger partial charge on any atom is -0.110 e. The topological polar surface area (TPSA) is 0 Å². The van der Waals surface area contributed by atoms with Gasteiger partial charge in [-0.25, -0.2) is 0 Å². The maximum absolute atomic E-state index is 3.82. The molecule has 0 N–H and O–H groups in total. The summed E-state index contributed by atoms with van der Waals surface area (Å²) in [6, 6.07) is 0. The fourth-order valence-electron chi connectivity index (χ4n) is 0.866. The maximum atomic E-state index is 3.82. The van der Waals surface area contributed by atoms with Crippen molar-refractivity contribution in [1.82, 2.24) is 0 Å². The molecule has 0 saturated heterocycles. The van der Waals surface area contributed by atoms with E-state index in [1.165, 1.54) is 0 Å². The summed E-state index contributed by atoms with van der Waals surface area (Å²) in [6.45, 7) is 11.4. The van der Waals surface area contributed by atoms with Crippen LogP contribution in [0.1, 0.15) is 34.6 Å². The summed E-state index contributed by atoms with van der Waals surface area (Å²) < 4.78 is 0. The van der Waals surface area contributed by atoms with Crippen LogP contribution in [-0.2, 0) is 0 Å². The fourth-order valence-corrected chi connectivity index (χ4v) is 2.60. The molecule has 0 aliphatic carbocycles. The summed E-state index contributed by atoms with van der Waals surface area (Å²) in [6.07, 6.45) is 0. The molecule has 0 radical (unpaired) electrons. The average molecular weight is 288 g/mol. The van der Waals surface area contributed by atoms with Crippen LogP contribution < -0.4 is 0 Å². The Morgan fingerprint density at radius 2 is 1.40 bits per heavy atom. The zero-order chi connectivity index (χ0) is 8.58. The first kappa shape index (κ1) is 11.2. The van der Waals surface area contributed by atoms with Crippen molar-refractivity contribution in [2.75, 3.05) is 0 Å². The van der Waals surface area contributed by atoms with Crippen LogP contribution in [0, 0.1) is 0 Å². The van der Waals surface area contributed by atoms with Crippen molar-refractivity contribution in [2.24, 2.45) is 0 Å². The highest BCUT2D eigenvalue weighted by molar-refractivity contribution is 9.51. The Balaban J connectivity index is 4.40. The first-order chi connectivity index (χ1) is 4.19. The molecule has 0 saturated carbocycles. The normalized spacial score (nSPS) is 14.4. The maximum Gasteiger partial charge on any atom is 0.208 e. The summed E-state index contributed by atoms with van der Waals surface area (Å²) in [5.41, 5.74) is 0.729. The molecular formula is C7H16Br2Si. The molecule has 0 heterocycles. The lowest BCUT2D eigenvalue weighted by atomic mass is 10.2. The van der Waals surface area contributed by atoms with Crippen molar-refractivity contribution in [3.63, 3.8) is 0 Å². The molecule has 0 bridgehead atoms. The molecule has 62 valence electrons. The molecule has 3 heteroatoms. The summed E-state index contributed by atoms with van der Waals surface area (Å²) in [5.74, 6) is 0. The van der Waals surface area contributed by atoms with Gasteiger partial charge in [0.15, 0.2) is 0 Å². The van der Waals surface area contributed by atoms with Gasteiger partial charge in [-0.3, -0.25) is 0 Å². The van der Waals surface area contributed by atoms with Crippen molar-refractivity contribution in [1.29, 1.82) is 0 Å². The van der Waals surface area contributed by atoms with Crippen LogP contribution in [-0.4, -0.2) is 5.31 Å². The third-order valence-electron chi connectivity index (χ3n) is 1.73. The van der Waals surface area contributed by atoms with Crippen molar-refractivity contribution >= 4 is 35.9 Å². The second-order valence-corrected chi connectivity index (χ2v) is 18.6. The fraction of sp³-hybridized carbons (Fsp3) is 1.00. The van der Waals surface area contributed by atoms with Crippen molar-refractivity contribution in [3.8, 4) is 0 Å². The Bertz CT molecular complexity index is 113. The van der Waals surface area contributed by atoms with Crippen LogP contribution >= 0.6 is 30.6 Å². The van der Waals surface area contributed by atoms with Gasteiger partial charge in [-0.05, 0) is 10.6 Å². The third kappa shape index (κ3) is 2.34. The molecule has 0 atom stereocenters. The Kier molecular flexibility index (Phi) is 3.66. The Morgan fingerprint density at radius 3 is 1.40 bits per heavy atom. The Hall–Kier alpha value is 1.18. The highest BCUT2D eigenvalue weighted by Gasteiger charge is 2.42. The van der Waals surface area contributed by atoms with E-state index in [4.69, 9.17) is 0 Å². The first-order valence-electron chi connectivity index (χ1n) is 3.57. The smallest absolute Gasteiger partial charge is 0.110 e. The molecule has 0 fully saturated rings. The molecule has 0 aliphatic heterocycles. The number of rotatable bonds is 1. The van der Waals surface area contributed by atoms with Crippen LogP contribution in [0.5, 0.6) is 0 Å². The van der Waals surface area contributed by atoms with Gasteiger partial charge >= 0.3 is 0 Å². The van der Waals surface area contributed by atoms with E-state index in [9.17, 15) is 0 Å². The van der Waals surface area contributed by atoms with Crippen molar-refractivity contribution < 1.29 is 0 Å². The number of halogens is 2. The minimum atomic E-state index is -1.36. The molecule has 0 amide bonds. The van der Waals surface area contributed by atoms with Crippen LogP contribution in [0.4, 0.5) is 0 Å². The van der Waals surface area contributed by atoms with E-state index in [1.807, 2.05) is 0 Å².